The van der Waals surface area contributed by atoms with Crippen molar-refractivity contribution in [2.45, 2.75) is 6.92 Å². The fraction of sp³-hybridized carbons (Fsp3) is 0.0714. The van der Waals surface area contributed by atoms with Crippen LogP contribution in [0.1, 0.15) is 11.1 Å². The van der Waals surface area contributed by atoms with Crippen molar-refractivity contribution in [3.8, 4) is 17.6 Å². The quantitative estimate of drug-likeness (QED) is 0.619. The van der Waals surface area contributed by atoms with E-state index in [4.69, 9.17) is 10.00 Å². The van der Waals surface area contributed by atoms with Crippen LogP contribution in [-0.2, 0) is 0 Å². The smallest absolute Gasteiger partial charge is 0.274 e. The minimum atomic E-state index is -0.499. The van der Waals surface area contributed by atoms with Crippen molar-refractivity contribution in [2.75, 3.05) is 0 Å². The van der Waals surface area contributed by atoms with E-state index in [-0.39, 0.29) is 5.69 Å². The summed E-state index contributed by atoms with van der Waals surface area (Å²) in [6, 6.07) is 11.5. The van der Waals surface area contributed by atoms with Gasteiger partial charge in [-0.25, -0.2) is 0 Å². The van der Waals surface area contributed by atoms with Crippen molar-refractivity contribution in [3.63, 3.8) is 0 Å². The number of nitro benzene ring substituents is 1. The van der Waals surface area contributed by atoms with Crippen LogP contribution in [-0.4, -0.2) is 4.92 Å². The van der Waals surface area contributed by atoms with Crippen LogP contribution in [0.2, 0.25) is 0 Å². The first kappa shape index (κ1) is 14.0. The predicted molar refractivity (Wildman–Crippen MR) is 76.8 cm³/mol. The summed E-state index contributed by atoms with van der Waals surface area (Å²) in [6.07, 6.45) is 0. The second kappa shape index (κ2) is 5.72. The van der Waals surface area contributed by atoms with Gasteiger partial charge in [0, 0.05) is 10.5 Å². The van der Waals surface area contributed by atoms with Gasteiger partial charge in [0.15, 0.2) is 0 Å². The fourth-order valence-electron chi connectivity index (χ4n) is 1.71. The highest BCUT2D eigenvalue weighted by Gasteiger charge is 2.13. The van der Waals surface area contributed by atoms with Crippen molar-refractivity contribution in [2.24, 2.45) is 0 Å². The summed E-state index contributed by atoms with van der Waals surface area (Å²) >= 11 is 3.20. The molecule has 0 N–H and O–H groups in total. The normalized spacial score (nSPS) is 9.85. The number of nitriles is 1. The van der Waals surface area contributed by atoms with Gasteiger partial charge in [0.05, 0.1) is 16.6 Å². The first-order valence-corrected chi connectivity index (χ1v) is 6.43. The maximum Gasteiger partial charge on any atom is 0.274 e. The standard InChI is InChI=1S/C14H9BrN2O3/c1-9-3-2-4-10(8-16)14(9)20-13-6-11(15)5-12(7-13)17(18)19/h2-7H,1H3. The van der Waals surface area contributed by atoms with E-state index in [2.05, 4.69) is 15.9 Å². The second-order valence-corrected chi connectivity index (χ2v) is 4.98. The Labute approximate surface area is 123 Å². The molecule has 0 aromatic heterocycles. The maximum absolute atomic E-state index is 10.8. The van der Waals surface area contributed by atoms with Crippen LogP contribution >= 0.6 is 15.9 Å². The van der Waals surface area contributed by atoms with Crippen molar-refractivity contribution >= 4 is 21.6 Å². The Bertz CT molecular complexity index is 723. The molecule has 0 aliphatic heterocycles. The lowest BCUT2D eigenvalue weighted by Gasteiger charge is -2.10. The zero-order valence-electron chi connectivity index (χ0n) is 10.5. The van der Waals surface area contributed by atoms with Crippen LogP contribution in [0.4, 0.5) is 5.69 Å². The van der Waals surface area contributed by atoms with E-state index in [1.807, 2.05) is 19.1 Å². The number of halogens is 1. The average molecular weight is 333 g/mol. The van der Waals surface area contributed by atoms with Crippen LogP contribution < -0.4 is 4.74 Å². The number of ether oxygens (including phenoxy) is 1. The zero-order valence-corrected chi connectivity index (χ0v) is 12.0. The predicted octanol–water partition coefficient (Wildman–Crippen LogP) is 4.33. The molecule has 0 amide bonds. The van der Waals surface area contributed by atoms with Crippen LogP contribution in [0, 0.1) is 28.4 Å². The highest BCUT2D eigenvalue weighted by Crippen LogP contribution is 2.32. The highest BCUT2D eigenvalue weighted by molar-refractivity contribution is 9.10. The molecule has 0 saturated carbocycles. The van der Waals surface area contributed by atoms with E-state index in [9.17, 15) is 10.1 Å². The monoisotopic (exact) mass is 332 g/mol. The molecule has 0 radical (unpaired) electrons. The van der Waals surface area contributed by atoms with Gasteiger partial charge in [-0.2, -0.15) is 5.26 Å². The molecule has 0 spiro atoms. The molecule has 2 rings (SSSR count). The summed E-state index contributed by atoms with van der Waals surface area (Å²) in [5.41, 5.74) is 1.08. The summed E-state index contributed by atoms with van der Waals surface area (Å²) in [5.74, 6) is 0.708. The Hall–Kier alpha value is -2.39. The third-order valence-corrected chi connectivity index (χ3v) is 3.08. The summed E-state index contributed by atoms with van der Waals surface area (Å²) < 4.78 is 6.18. The number of nitrogens with zero attached hydrogens (tertiary/aromatic N) is 2. The van der Waals surface area contributed by atoms with Gasteiger partial charge in [-0.05, 0) is 24.6 Å². The number of hydrogen-bond acceptors (Lipinski definition) is 4. The summed E-state index contributed by atoms with van der Waals surface area (Å²) in [4.78, 5) is 10.3. The Kier molecular flexibility index (Phi) is 4.01. The van der Waals surface area contributed by atoms with Crippen molar-refractivity contribution in [3.05, 3.63) is 62.1 Å². The van der Waals surface area contributed by atoms with Crippen molar-refractivity contribution < 1.29 is 9.66 Å². The summed E-state index contributed by atoms with van der Waals surface area (Å²) in [5, 5.41) is 19.9. The first-order chi connectivity index (χ1) is 9.51. The number of rotatable bonds is 3. The van der Waals surface area contributed by atoms with Crippen LogP contribution in [0.3, 0.4) is 0 Å². The third kappa shape index (κ3) is 2.95. The Morgan fingerprint density at radius 3 is 2.75 bits per heavy atom. The van der Waals surface area contributed by atoms with Gasteiger partial charge >= 0.3 is 0 Å². The van der Waals surface area contributed by atoms with E-state index in [1.165, 1.54) is 12.1 Å². The van der Waals surface area contributed by atoms with Gasteiger partial charge in [0.25, 0.3) is 5.69 Å². The van der Waals surface area contributed by atoms with Crippen molar-refractivity contribution in [1.29, 1.82) is 5.26 Å². The number of nitro groups is 1. The Morgan fingerprint density at radius 1 is 1.35 bits per heavy atom. The SMILES string of the molecule is Cc1cccc(C#N)c1Oc1cc(Br)cc([N+](=O)[O-])c1. The molecular formula is C14H9BrN2O3. The average Bonchev–Trinajstić information content (AvgIpc) is 2.40. The minimum absolute atomic E-state index is 0.0820. The second-order valence-electron chi connectivity index (χ2n) is 4.07. The third-order valence-electron chi connectivity index (χ3n) is 2.62. The molecular weight excluding hydrogens is 324 g/mol. The number of para-hydroxylation sites is 1. The molecule has 5 nitrogen and oxygen atoms in total. The van der Waals surface area contributed by atoms with Gasteiger partial charge in [-0.15, -0.1) is 0 Å². The molecule has 0 fully saturated rings. The molecule has 0 aliphatic rings. The first-order valence-electron chi connectivity index (χ1n) is 5.64. The molecule has 0 heterocycles. The van der Waals surface area contributed by atoms with Crippen LogP contribution in [0.5, 0.6) is 11.5 Å². The zero-order chi connectivity index (χ0) is 14.7. The molecule has 20 heavy (non-hydrogen) atoms. The Morgan fingerprint density at radius 2 is 2.10 bits per heavy atom. The number of benzene rings is 2. The van der Waals surface area contributed by atoms with E-state index in [0.29, 0.717) is 21.5 Å². The molecule has 0 unspecified atom stereocenters. The molecule has 2 aromatic carbocycles. The Balaban J connectivity index is 2.46. The van der Waals surface area contributed by atoms with E-state index in [0.717, 1.165) is 5.56 Å². The lowest BCUT2D eigenvalue weighted by molar-refractivity contribution is -0.385. The van der Waals surface area contributed by atoms with Crippen LogP contribution in [0.25, 0.3) is 0 Å². The topological polar surface area (TPSA) is 76.2 Å². The number of aryl methyl sites for hydroxylation is 1. The molecule has 0 atom stereocenters. The van der Waals surface area contributed by atoms with Crippen molar-refractivity contribution in [1.82, 2.24) is 0 Å². The lowest BCUT2D eigenvalue weighted by atomic mass is 10.1. The molecule has 2 aromatic rings. The molecule has 100 valence electrons. The van der Waals surface area contributed by atoms with E-state index >= 15 is 0 Å². The van der Waals surface area contributed by atoms with Crippen LogP contribution in [0.15, 0.2) is 40.9 Å². The van der Waals surface area contributed by atoms with E-state index in [1.54, 1.807) is 18.2 Å². The molecule has 0 saturated heterocycles. The maximum atomic E-state index is 10.8. The highest BCUT2D eigenvalue weighted by atomic mass is 79.9. The van der Waals surface area contributed by atoms with Gasteiger partial charge in [-0.1, -0.05) is 28.1 Å². The lowest BCUT2D eigenvalue weighted by Crippen LogP contribution is -1.93. The van der Waals surface area contributed by atoms with Gasteiger partial charge in [0.2, 0.25) is 0 Å². The van der Waals surface area contributed by atoms with E-state index < -0.39 is 4.92 Å². The van der Waals surface area contributed by atoms with Gasteiger partial charge in [0.1, 0.15) is 17.6 Å². The largest absolute Gasteiger partial charge is 0.455 e. The summed E-state index contributed by atoms with van der Waals surface area (Å²) in [6.45, 7) is 1.81. The molecule has 0 bridgehead atoms. The molecule has 0 aliphatic carbocycles. The van der Waals surface area contributed by atoms with Gasteiger partial charge in [-0.3, -0.25) is 10.1 Å². The number of non-ortho nitro benzene ring substituents is 1. The molecule has 6 heteroatoms. The fourth-order valence-corrected chi connectivity index (χ4v) is 2.17. The summed E-state index contributed by atoms with van der Waals surface area (Å²) in [7, 11) is 0. The minimum Gasteiger partial charge on any atom is -0.455 e. The number of hydrogen-bond donors (Lipinski definition) is 0. The van der Waals surface area contributed by atoms with Gasteiger partial charge < -0.3 is 4.74 Å².